The molecule has 1 aromatic carbocycles. The fourth-order valence-corrected chi connectivity index (χ4v) is 5.04. The van der Waals surface area contributed by atoms with Crippen LogP contribution in [0, 0.1) is 17.8 Å². The van der Waals surface area contributed by atoms with Gasteiger partial charge in [-0.25, -0.2) is 4.79 Å². The molecule has 0 aromatic heterocycles. The molecule has 0 heterocycles. The van der Waals surface area contributed by atoms with Crippen LogP contribution in [0.1, 0.15) is 50.2 Å². The molecule has 118 valence electrons. The van der Waals surface area contributed by atoms with Crippen LogP contribution in [0.2, 0.25) is 0 Å². The highest BCUT2D eigenvalue weighted by Crippen LogP contribution is 2.49. The van der Waals surface area contributed by atoms with Crippen molar-refractivity contribution in [1.29, 1.82) is 0 Å². The van der Waals surface area contributed by atoms with E-state index in [4.69, 9.17) is 0 Å². The quantitative estimate of drug-likeness (QED) is 0.866. The predicted octanol–water partition coefficient (Wildman–Crippen LogP) is 4.12. The Morgan fingerprint density at radius 1 is 1.18 bits per heavy atom. The second-order valence-electron chi connectivity index (χ2n) is 7.56. The van der Waals surface area contributed by atoms with Gasteiger partial charge in [-0.05, 0) is 86.5 Å². The van der Waals surface area contributed by atoms with E-state index in [9.17, 15) is 4.79 Å². The van der Waals surface area contributed by atoms with Gasteiger partial charge in [-0.3, -0.25) is 0 Å². The van der Waals surface area contributed by atoms with Crippen molar-refractivity contribution in [3.8, 4) is 0 Å². The van der Waals surface area contributed by atoms with Crippen LogP contribution in [-0.2, 0) is 12.8 Å². The summed E-state index contributed by atoms with van der Waals surface area (Å²) < 4.78 is 0. The molecule has 2 amide bonds. The lowest BCUT2D eigenvalue weighted by Crippen LogP contribution is -2.42. The van der Waals surface area contributed by atoms with Crippen LogP contribution < -0.4 is 10.6 Å². The number of carbonyl (C=O) groups is 1. The minimum atomic E-state index is -0.0479. The van der Waals surface area contributed by atoms with Crippen molar-refractivity contribution >= 4 is 11.7 Å². The van der Waals surface area contributed by atoms with E-state index in [0.717, 1.165) is 23.9 Å². The number of fused-ring (bicyclic) bond motifs is 3. The Kier molecular flexibility index (Phi) is 3.59. The summed E-state index contributed by atoms with van der Waals surface area (Å²) in [6.07, 6.45) is 9.06. The topological polar surface area (TPSA) is 41.1 Å². The van der Waals surface area contributed by atoms with Gasteiger partial charge in [0.05, 0.1) is 0 Å². The second-order valence-corrected chi connectivity index (χ2v) is 7.56. The van der Waals surface area contributed by atoms with E-state index < -0.39 is 0 Å². The number of anilines is 1. The highest BCUT2D eigenvalue weighted by molar-refractivity contribution is 5.89. The van der Waals surface area contributed by atoms with E-state index in [1.54, 1.807) is 0 Å². The number of hydrogen-bond acceptors (Lipinski definition) is 1. The van der Waals surface area contributed by atoms with E-state index >= 15 is 0 Å². The Hall–Kier alpha value is -1.51. The number of urea groups is 1. The van der Waals surface area contributed by atoms with Gasteiger partial charge in [0.2, 0.25) is 0 Å². The summed E-state index contributed by atoms with van der Waals surface area (Å²) in [7, 11) is 0. The third-order valence-corrected chi connectivity index (χ3v) is 6.15. The first kappa shape index (κ1) is 14.1. The Labute approximate surface area is 132 Å². The molecule has 1 aromatic rings. The molecule has 4 atom stereocenters. The standard InChI is InChI=1S/C19H26N2O/c1-12(18-10-13-5-6-16(18)9-13)20-19(22)21-17-8-7-14-3-2-4-15(14)11-17/h7-8,11-13,16,18H,2-6,9-10H2,1H3,(H2,20,21,22)/t12-,13+,16+,18+/m1/s1. The molecule has 4 rings (SSSR count). The maximum Gasteiger partial charge on any atom is 0.319 e. The zero-order valence-corrected chi connectivity index (χ0v) is 13.4. The number of nitrogens with one attached hydrogen (secondary N) is 2. The van der Waals surface area contributed by atoms with Gasteiger partial charge in [0.25, 0.3) is 0 Å². The molecule has 2 fully saturated rings. The van der Waals surface area contributed by atoms with Gasteiger partial charge in [-0.1, -0.05) is 12.5 Å². The lowest BCUT2D eigenvalue weighted by Gasteiger charge is -2.28. The van der Waals surface area contributed by atoms with Gasteiger partial charge in [-0.15, -0.1) is 0 Å². The fourth-order valence-electron chi connectivity index (χ4n) is 5.04. The molecule has 3 heteroatoms. The summed E-state index contributed by atoms with van der Waals surface area (Å²) >= 11 is 0. The number of aryl methyl sites for hydroxylation is 2. The third kappa shape index (κ3) is 2.62. The first-order valence-electron chi connectivity index (χ1n) is 8.88. The number of benzene rings is 1. The van der Waals surface area contributed by atoms with Crippen molar-refractivity contribution < 1.29 is 4.79 Å². The van der Waals surface area contributed by atoms with E-state index in [-0.39, 0.29) is 12.1 Å². The average molecular weight is 298 g/mol. The minimum absolute atomic E-state index is 0.0479. The summed E-state index contributed by atoms with van der Waals surface area (Å²) in [5.41, 5.74) is 3.78. The monoisotopic (exact) mass is 298 g/mol. The van der Waals surface area contributed by atoms with Gasteiger partial charge in [-0.2, -0.15) is 0 Å². The summed E-state index contributed by atoms with van der Waals surface area (Å²) in [5.74, 6) is 2.46. The van der Waals surface area contributed by atoms with Crippen molar-refractivity contribution in [2.45, 2.75) is 57.9 Å². The van der Waals surface area contributed by atoms with Crippen LogP contribution in [0.4, 0.5) is 10.5 Å². The van der Waals surface area contributed by atoms with Crippen LogP contribution in [0.15, 0.2) is 18.2 Å². The molecule has 0 aliphatic heterocycles. The molecule has 0 unspecified atom stereocenters. The molecular weight excluding hydrogens is 272 g/mol. The fraction of sp³-hybridized carbons (Fsp3) is 0.632. The van der Waals surface area contributed by atoms with E-state index in [1.165, 1.54) is 49.7 Å². The molecule has 3 nitrogen and oxygen atoms in total. The van der Waals surface area contributed by atoms with Crippen LogP contribution in [0.5, 0.6) is 0 Å². The molecule has 3 aliphatic rings. The average Bonchev–Trinajstić information content (AvgIpc) is 3.22. The molecular formula is C19H26N2O. The Balaban J connectivity index is 1.34. The van der Waals surface area contributed by atoms with Crippen LogP contribution in [-0.4, -0.2) is 12.1 Å². The lowest BCUT2D eigenvalue weighted by atomic mass is 9.84. The van der Waals surface area contributed by atoms with Crippen LogP contribution in [0.25, 0.3) is 0 Å². The third-order valence-electron chi connectivity index (χ3n) is 6.15. The van der Waals surface area contributed by atoms with Crippen LogP contribution in [0.3, 0.4) is 0 Å². The molecule has 2 saturated carbocycles. The number of hydrogen-bond donors (Lipinski definition) is 2. The first-order valence-corrected chi connectivity index (χ1v) is 8.88. The van der Waals surface area contributed by atoms with Crippen molar-refractivity contribution in [1.82, 2.24) is 5.32 Å². The predicted molar refractivity (Wildman–Crippen MR) is 89.0 cm³/mol. The second kappa shape index (κ2) is 5.60. The summed E-state index contributed by atoms with van der Waals surface area (Å²) in [6.45, 7) is 2.17. The lowest BCUT2D eigenvalue weighted by molar-refractivity contribution is 0.230. The maximum atomic E-state index is 12.3. The normalized spacial score (nSPS) is 30.1. The molecule has 2 N–H and O–H groups in total. The Morgan fingerprint density at radius 3 is 2.82 bits per heavy atom. The van der Waals surface area contributed by atoms with E-state index in [2.05, 4.69) is 29.7 Å². The SMILES string of the molecule is C[C@@H](NC(=O)Nc1ccc2c(c1)CCC2)[C@@H]1C[C@H]2CC[C@H]1C2. The van der Waals surface area contributed by atoms with E-state index in [0.29, 0.717) is 5.92 Å². The van der Waals surface area contributed by atoms with Gasteiger partial charge >= 0.3 is 6.03 Å². The smallest absolute Gasteiger partial charge is 0.319 e. The molecule has 2 bridgehead atoms. The number of amides is 2. The van der Waals surface area contributed by atoms with Crippen molar-refractivity contribution in [3.63, 3.8) is 0 Å². The summed E-state index contributed by atoms with van der Waals surface area (Å²) in [6, 6.07) is 6.57. The Bertz CT molecular complexity index is 583. The van der Waals surface area contributed by atoms with Crippen molar-refractivity contribution in [3.05, 3.63) is 29.3 Å². The highest BCUT2D eigenvalue weighted by Gasteiger charge is 2.42. The van der Waals surface area contributed by atoms with Crippen molar-refractivity contribution in [2.24, 2.45) is 17.8 Å². The van der Waals surface area contributed by atoms with Crippen molar-refractivity contribution in [2.75, 3.05) is 5.32 Å². The summed E-state index contributed by atoms with van der Waals surface area (Å²) in [4.78, 5) is 12.3. The Morgan fingerprint density at radius 2 is 2.05 bits per heavy atom. The van der Waals surface area contributed by atoms with Gasteiger partial charge in [0, 0.05) is 11.7 Å². The zero-order chi connectivity index (χ0) is 15.1. The summed E-state index contributed by atoms with van der Waals surface area (Å²) in [5, 5.41) is 6.19. The zero-order valence-electron chi connectivity index (χ0n) is 13.4. The van der Waals surface area contributed by atoms with Crippen LogP contribution >= 0.6 is 0 Å². The largest absolute Gasteiger partial charge is 0.335 e. The first-order chi connectivity index (χ1) is 10.7. The molecule has 22 heavy (non-hydrogen) atoms. The molecule has 3 aliphatic carbocycles. The number of rotatable bonds is 3. The number of carbonyl (C=O) groups excluding carboxylic acids is 1. The minimum Gasteiger partial charge on any atom is -0.335 e. The van der Waals surface area contributed by atoms with Gasteiger partial charge in [0.15, 0.2) is 0 Å². The molecule has 0 saturated heterocycles. The van der Waals surface area contributed by atoms with Gasteiger partial charge in [0.1, 0.15) is 0 Å². The highest BCUT2D eigenvalue weighted by atomic mass is 16.2. The molecule has 0 radical (unpaired) electrons. The van der Waals surface area contributed by atoms with Gasteiger partial charge < -0.3 is 10.6 Å². The van der Waals surface area contributed by atoms with E-state index in [1.807, 2.05) is 6.07 Å². The maximum absolute atomic E-state index is 12.3. The molecule has 0 spiro atoms.